The van der Waals surface area contributed by atoms with Crippen LogP contribution in [0.5, 0.6) is 0 Å². The van der Waals surface area contributed by atoms with E-state index in [1.165, 1.54) is 18.2 Å². The highest BCUT2D eigenvalue weighted by Gasteiger charge is 2.10. The van der Waals surface area contributed by atoms with Crippen molar-refractivity contribution in [3.8, 4) is 0 Å². The van der Waals surface area contributed by atoms with Crippen molar-refractivity contribution >= 4 is 17.5 Å². The average Bonchev–Trinajstić information content (AvgIpc) is 2.08. The summed E-state index contributed by atoms with van der Waals surface area (Å²) in [6.45, 7) is 0. The lowest BCUT2D eigenvalue weighted by atomic mass is 10.0. The third-order valence-electron chi connectivity index (χ3n) is 1.79. The maximum absolute atomic E-state index is 12.8. The van der Waals surface area contributed by atoms with Gasteiger partial charge in [-0.25, -0.2) is 4.39 Å². The second-order valence-corrected chi connectivity index (χ2v) is 3.36. The van der Waals surface area contributed by atoms with Crippen LogP contribution in [0.15, 0.2) is 18.2 Å². The molecule has 0 radical (unpaired) electrons. The second-order valence-electron chi connectivity index (χ2n) is 2.95. The van der Waals surface area contributed by atoms with Gasteiger partial charge < -0.3 is 11.5 Å². The van der Waals surface area contributed by atoms with Crippen molar-refractivity contribution in [2.45, 2.75) is 12.5 Å². The molecule has 4 N–H and O–H groups in total. The van der Waals surface area contributed by atoms with E-state index in [0.29, 0.717) is 5.56 Å². The van der Waals surface area contributed by atoms with Crippen molar-refractivity contribution in [1.29, 1.82) is 0 Å². The van der Waals surface area contributed by atoms with Crippen LogP contribution in [0.25, 0.3) is 0 Å². The number of carbonyl (C=O) groups excluding carboxylic acids is 1. The van der Waals surface area contributed by atoms with Crippen molar-refractivity contribution in [3.63, 3.8) is 0 Å². The van der Waals surface area contributed by atoms with E-state index in [-0.39, 0.29) is 11.4 Å². The number of nitrogens with two attached hydrogens (primary N) is 2. The standard InChI is InChI=1S/C9H10ClFN2O/c10-6-3-5(1-2-7(6)11)8(12)4-9(13)14/h1-3,8H,4,12H2,(H2,13,14)/t8-/m0/s1. The van der Waals surface area contributed by atoms with Crippen LogP contribution in [-0.2, 0) is 4.79 Å². The Bertz CT molecular complexity index is 357. The van der Waals surface area contributed by atoms with E-state index >= 15 is 0 Å². The summed E-state index contributed by atoms with van der Waals surface area (Å²) in [7, 11) is 0. The fraction of sp³-hybridized carbons (Fsp3) is 0.222. The summed E-state index contributed by atoms with van der Waals surface area (Å²) in [5.74, 6) is -1.01. The fourth-order valence-electron chi connectivity index (χ4n) is 1.08. The molecule has 0 spiro atoms. The van der Waals surface area contributed by atoms with Gasteiger partial charge in [0.1, 0.15) is 5.82 Å². The first kappa shape index (κ1) is 10.9. The molecule has 1 atom stereocenters. The molecule has 76 valence electrons. The van der Waals surface area contributed by atoms with E-state index in [9.17, 15) is 9.18 Å². The number of benzene rings is 1. The van der Waals surface area contributed by atoms with Gasteiger partial charge in [0.05, 0.1) is 5.02 Å². The molecule has 0 aromatic heterocycles. The zero-order valence-corrected chi connectivity index (χ0v) is 8.09. The Balaban J connectivity index is 2.85. The number of halogens is 2. The minimum atomic E-state index is -0.536. The normalized spacial score (nSPS) is 12.5. The highest BCUT2D eigenvalue weighted by molar-refractivity contribution is 6.30. The monoisotopic (exact) mass is 216 g/mol. The topological polar surface area (TPSA) is 69.1 Å². The van der Waals surface area contributed by atoms with Gasteiger partial charge in [-0.15, -0.1) is 0 Å². The molecule has 3 nitrogen and oxygen atoms in total. The number of hydrogen-bond acceptors (Lipinski definition) is 2. The van der Waals surface area contributed by atoms with E-state index in [2.05, 4.69) is 0 Å². The first-order valence-electron chi connectivity index (χ1n) is 3.99. The van der Waals surface area contributed by atoms with Gasteiger partial charge in [-0.1, -0.05) is 17.7 Å². The van der Waals surface area contributed by atoms with E-state index in [1.807, 2.05) is 0 Å². The molecule has 0 fully saturated rings. The molecule has 0 saturated heterocycles. The van der Waals surface area contributed by atoms with E-state index in [4.69, 9.17) is 23.1 Å². The number of carbonyl (C=O) groups is 1. The molecule has 5 heteroatoms. The predicted octanol–water partition coefficient (Wildman–Crippen LogP) is 1.35. The van der Waals surface area contributed by atoms with Crippen LogP contribution >= 0.6 is 11.6 Å². The summed E-state index contributed by atoms with van der Waals surface area (Å²) in [6, 6.07) is 3.54. The number of primary amides is 1. The Hall–Kier alpha value is -1.13. The summed E-state index contributed by atoms with van der Waals surface area (Å²) in [5, 5.41) is -0.0116. The summed E-state index contributed by atoms with van der Waals surface area (Å²) in [6.07, 6.45) is 0.0158. The van der Waals surface area contributed by atoms with Crippen molar-refractivity contribution in [1.82, 2.24) is 0 Å². The number of rotatable bonds is 3. The summed E-state index contributed by atoms with van der Waals surface area (Å²) in [4.78, 5) is 10.6. The average molecular weight is 217 g/mol. The Labute approximate surface area is 85.8 Å². The molecule has 0 unspecified atom stereocenters. The van der Waals surface area contributed by atoms with Gasteiger partial charge in [0.15, 0.2) is 0 Å². The van der Waals surface area contributed by atoms with Crippen LogP contribution in [-0.4, -0.2) is 5.91 Å². The zero-order chi connectivity index (χ0) is 10.7. The molecule has 1 amide bonds. The van der Waals surface area contributed by atoms with E-state index in [1.54, 1.807) is 0 Å². The molecule has 0 aliphatic rings. The molecule has 0 saturated carbocycles. The minimum Gasteiger partial charge on any atom is -0.370 e. The zero-order valence-electron chi connectivity index (χ0n) is 7.34. The Morgan fingerprint density at radius 3 is 2.71 bits per heavy atom. The van der Waals surface area contributed by atoms with Gasteiger partial charge in [0.2, 0.25) is 5.91 Å². The second kappa shape index (κ2) is 4.39. The van der Waals surface area contributed by atoms with Crippen LogP contribution in [0.2, 0.25) is 5.02 Å². The Morgan fingerprint density at radius 1 is 1.57 bits per heavy atom. The highest BCUT2D eigenvalue weighted by atomic mass is 35.5. The molecule has 0 aliphatic heterocycles. The summed E-state index contributed by atoms with van der Waals surface area (Å²) >= 11 is 5.55. The van der Waals surface area contributed by atoms with Crippen LogP contribution in [0, 0.1) is 5.82 Å². The molecule has 0 aliphatic carbocycles. The molecule has 1 aromatic carbocycles. The van der Waals surface area contributed by atoms with Crippen molar-refractivity contribution in [3.05, 3.63) is 34.6 Å². The maximum atomic E-state index is 12.8. The third-order valence-corrected chi connectivity index (χ3v) is 2.08. The lowest BCUT2D eigenvalue weighted by Gasteiger charge is -2.09. The number of amides is 1. The fourth-order valence-corrected chi connectivity index (χ4v) is 1.27. The smallest absolute Gasteiger partial charge is 0.219 e. The molecular formula is C9H10ClFN2O. The lowest BCUT2D eigenvalue weighted by Crippen LogP contribution is -2.20. The van der Waals surface area contributed by atoms with Crippen LogP contribution in [0.1, 0.15) is 18.0 Å². The van der Waals surface area contributed by atoms with E-state index < -0.39 is 17.8 Å². The van der Waals surface area contributed by atoms with Gasteiger partial charge in [-0.2, -0.15) is 0 Å². The first-order valence-corrected chi connectivity index (χ1v) is 4.37. The van der Waals surface area contributed by atoms with Crippen LogP contribution < -0.4 is 11.5 Å². The van der Waals surface area contributed by atoms with Gasteiger partial charge in [-0.3, -0.25) is 4.79 Å². The molecular weight excluding hydrogens is 207 g/mol. The van der Waals surface area contributed by atoms with Crippen LogP contribution in [0.4, 0.5) is 4.39 Å². The largest absolute Gasteiger partial charge is 0.370 e. The van der Waals surface area contributed by atoms with Gasteiger partial charge in [0.25, 0.3) is 0 Å². The minimum absolute atomic E-state index is 0.0116. The third kappa shape index (κ3) is 2.68. The summed E-state index contributed by atoms with van der Waals surface area (Å²) < 4.78 is 12.8. The lowest BCUT2D eigenvalue weighted by molar-refractivity contribution is -0.118. The quantitative estimate of drug-likeness (QED) is 0.801. The Morgan fingerprint density at radius 2 is 2.21 bits per heavy atom. The van der Waals surface area contributed by atoms with Gasteiger partial charge >= 0.3 is 0 Å². The van der Waals surface area contributed by atoms with Gasteiger partial charge in [-0.05, 0) is 17.7 Å². The highest BCUT2D eigenvalue weighted by Crippen LogP contribution is 2.21. The predicted molar refractivity (Wildman–Crippen MR) is 52.1 cm³/mol. The summed E-state index contributed by atoms with van der Waals surface area (Å²) in [5.41, 5.74) is 11.2. The Kier molecular flexibility index (Phi) is 3.43. The molecule has 0 heterocycles. The van der Waals surface area contributed by atoms with Crippen LogP contribution in [0.3, 0.4) is 0 Å². The van der Waals surface area contributed by atoms with Crippen molar-refractivity contribution in [2.24, 2.45) is 11.5 Å². The van der Waals surface area contributed by atoms with E-state index in [0.717, 1.165) is 0 Å². The van der Waals surface area contributed by atoms with Crippen molar-refractivity contribution < 1.29 is 9.18 Å². The molecule has 0 bridgehead atoms. The molecule has 14 heavy (non-hydrogen) atoms. The van der Waals surface area contributed by atoms with Gasteiger partial charge in [0, 0.05) is 12.5 Å². The van der Waals surface area contributed by atoms with Crippen molar-refractivity contribution in [2.75, 3.05) is 0 Å². The molecule has 1 aromatic rings. The maximum Gasteiger partial charge on any atom is 0.219 e. The number of hydrogen-bond donors (Lipinski definition) is 2. The first-order chi connectivity index (χ1) is 6.50. The molecule has 1 rings (SSSR count). The SMILES string of the molecule is NC(=O)C[C@H](N)c1ccc(F)c(Cl)c1.